The van der Waals surface area contributed by atoms with Crippen LogP contribution < -0.4 is 16.3 Å². The SMILES string of the molecule is O=c1[nH]c2cnc(NC[C@@H]3CCNC3)nc2n1CCc1ccccc1. The van der Waals surface area contributed by atoms with Crippen molar-refractivity contribution < 1.29 is 0 Å². The van der Waals surface area contributed by atoms with Crippen LogP contribution in [0.2, 0.25) is 0 Å². The van der Waals surface area contributed by atoms with E-state index in [0.717, 1.165) is 26.1 Å². The number of nitrogens with zero attached hydrogens (tertiary/aromatic N) is 3. The molecule has 1 aliphatic rings. The van der Waals surface area contributed by atoms with E-state index >= 15 is 0 Å². The Bertz CT molecular complexity index is 895. The molecule has 0 aliphatic carbocycles. The Morgan fingerprint density at radius 3 is 2.96 bits per heavy atom. The fourth-order valence-corrected chi connectivity index (χ4v) is 3.25. The maximum absolute atomic E-state index is 12.2. The van der Waals surface area contributed by atoms with E-state index in [0.29, 0.717) is 29.6 Å². The Kier molecular flexibility index (Phi) is 4.47. The molecule has 1 aliphatic heterocycles. The zero-order valence-corrected chi connectivity index (χ0v) is 14.0. The van der Waals surface area contributed by atoms with Gasteiger partial charge in [-0.15, -0.1) is 0 Å². The molecule has 1 aromatic carbocycles. The van der Waals surface area contributed by atoms with Gasteiger partial charge in [0.1, 0.15) is 5.52 Å². The number of fused-ring (bicyclic) bond motifs is 1. The first-order valence-electron chi connectivity index (χ1n) is 8.73. The van der Waals surface area contributed by atoms with Gasteiger partial charge in [0.15, 0.2) is 5.65 Å². The first-order valence-corrected chi connectivity index (χ1v) is 8.73. The second kappa shape index (κ2) is 7.06. The van der Waals surface area contributed by atoms with Crippen LogP contribution in [0.1, 0.15) is 12.0 Å². The van der Waals surface area contributed by atoms with Gasteiger partial charge in [-0.2, -0.15) is 4.98 Å². The summed E-state index contributed by atoms with van der Waals surface area (Å²) in [5, 5.41) is 6.65. The topological polar surface area (TPSA) is 87.6 Å². The van der Waals surface area contributed by atoms with Crippen LogP contribution in [0.4, 0.5) is 5.95 Å². The summed E-state index contributed by atoms with van der Waals surface area (Å²) in [5.41, 5.74) is 2.39. The van der Waals surface area contributed by atoms with Gasteiger partial charge in [0.2, 0.25) is 5.95 Å². The van der Waals surface area contributed by atoms with Crippen molar-refractivity contribution in [2.24, 2.45) is 5.92 Å². The minimum atomic E-state index is -0.141. The second-order valence-corrected chi connectivity index (χ2v) is 6.49. The van der Waals surface area contributed by atoms with Crippen LogP contribution in [0.3, 0.4) is 0 Å². The van der Waals surface area contributed by atoms with Gasteiger partial charge in [-0.05, 0) is 37.4 Å². The third-order valence-corrected chi connectivity index (χ3v) is 4.69. The number of nitrogens with one attached hydrogen (secondary N) is 3. The van der Waals surface area contributed by atoms with Crippen molar-refractivity contribution in [3.05, 3.63) is 52.6 Å². The van der Waals surface area contributed by atoms with Crippen LogP contribution in [-0.4, -0.2) is 39.2 Å². The molecule has 1 atom stereocenters. The number of hydrogen-bond acceptors (Lipinski definition) is 5. The number of aromatic amines is 1. The molecular formula is C18H22N6O. The van der Waals surface area contributed by atoms with Gasteiger partial charge in [0, 0.05) is 13.1 Å². The van der Waals surface area contributed by atoms with Crippen molar-refractivity contribution >= 4 is 17.1 Å². The number of imidazole rings is 1. The highest BCUT2D eigenvalue weighted by Gasteiger charge is 2.15. The lowest BCUT2D eigenvalue weighted by molar-refractivity contribution is 0.612. The van der Waals surface area contributed by atoms with Gasteiger partial charge >= 0.3 is 5.69 Å². The van der Waals surface area contributed by atoms with Gasteiger partial charge in [-0.3, -0.25) is 4.57 Å². The van der Waals surface area contributed by atoms with E-state index in [9.17, 15) is 4.79 Å². The predicted molar refractivity (Wildman–Crippen MR) is 97.8 cm³/mol. The van der Waals surface area contributed by atoms with Crippen molar-refractivity contribution in [2.75, 3.05) is 25.0 Å². The van der Waals surface area contributed by atoms with Gasteiger partial charge in [0.05, 0.1) is 6.20 Å². The third kappa shape index (κ3) is 3.56. The van der Waals surface area contributed by atoms with Crippen LogP contribution >= 0.6 is 0 Å². The fourth-order valence-electron chi connectivity index (χ4n) is 3.25. The Morgan fingerprint density at radius 1 is 1.28 bits per heavy atom. The van der Waals surface area contributed by atoms with E-state index in [4.69, 9.17) is 0 Å². The number of aryl methyl sites for hydroxylation is 2. The van der Waals surface area contributed by atoms with Gasteiger partial charge < -0.3 is 15.6 Å². The van der Waals surface area contributed by atoms with Gasteiger partial charge in [-0.25, -0.2) is 9.78 Å². The summed E-state index contributed by atoms with van der Waals surface area (Å²) in [5.74, 6) is 1.18. The second-order valence-electron chi connectivity index (χ2n) is 6.49. The Labute approximate surface area is 145 Å². The first-order chi connectivity index (χ1) is 12.3. The number of benzene rings is 1. The molecule has 130 valence electrons. The molecule has 3 N–H and O–H groups in total. The molecule has 0 amide bonds. The summed E-state index contributed by atoms with van der Waals surface area (Å²) in [7, 11) is 0. The highest BCUT2D eigenvalue weighted by Crippen LogP contribution is 2.12. The largest absolute Gasteiger partial charge is 0.354 e. The Balaban J connectivity index is 1.52. The van der Waals surface area contributed by atoms with Crippen LogP contribution in [0.15, 0.2) is 41.3 Å². The van der Waals surface area contributed by atoms with Crippen LogP contribution in [0, 0.1) is 5.92 Å². The van der Waals surface area contributed by atoms with Crippen molar-refractivity contribution in [3.8, 4) is 0 Å². The van der Waals surface area contributed by atoms with Gasteiger partial charge in [0.25, 0.3) is 0 Å². The normalized spacial score (nSPS) is 17.2. The number of aromatic nitrogens is 4. The van der Waals surface area contributed by atoms with Crippen molar-refractivity contribution in [1.82, 2.24) is 24.8 Å². The highest BCUT2D eigenvalue weighted by molar-refractivity contribution is 5.70. The van der Waals surface area contributed by atoms with Crippen molar-refractivity contribution in [2.45, 2.75) is 19.4 Å². The lowest BCUT2D eigenvalue weighted by Gasteiger charge is -2.10. The van der Waals surface area contributed by atoms with Gasteiger partial charge in [-0.1, -0.05) is 30.3 Å². The first kappa shape index (κ1) is 15.8. The van der Waals surface area contributed by atoms with Crippen LogP contribution in [0.25, 0.3) is 11.2 Å². The number of rotatable bonds is 6. The molecule has 1 fully saturated rings. The molecule has 3 aromatic rings. The van der Waals surface area contributed by atoms with E-state index in [1.807, 2.05) is 18.2 Å². The molecule has 25 heavy (non-hydrogen) atoms. The average molecular weight is 338 g/mol. The quantitative estimate of drug-likeness (QED) is 0.632. The summed E-state index contributed by atoms with van der Waals surface area (Å²) < 4.78 is 1.69. The minimum absolute atomic E-state index is 0.141. The standard InChI is InChI=1S/C18H22N6O/c25-18-22-15-12-21-17(20-11-14-6-8-19-10-14)23-16(15)24(18)9-7-13-4-2-1-3-5-13/h1-5,12,14,19H,6-11H2,(H,22,25)(H,20,21,23)/t14-/m1/s1. The molecule has 0 saturated carbocycles. The van der Waals surface area contributed by atoms with Crippen molar-refractivity contribution in [1.29, 1.82) is 0 Å². The Hall–Kier alpha value is -2.67. The summed E-state index contributed by atoms with van der Waals surface area (Å²) in [6.07, 6.45) is 3.63. The lowest BCUT2D eigenvalue weighted by Crippen LogP contribution is -2.19. The van der Waals surface area contributed by atoms with E-state index in [-0.39, 0.29) is 5.69 Å². The van der Waals surface area contributed by atoms with E-state index < -0.39 is 0 Å². The monoisotopic (exact) mass is 338 g/mol. The summed E-state index contributed by atoms with van der Waals surface area (Å²) >= 11 is 0. The average Bonchev–Trinajstić information content (AvgIpc) is 3.26. The molecule has 7 nitrogen and oxygen atoms in total. The number of hydrogen-bond donors (Lipinski definition) is 3. The van der Waals surface area contributed by atoms with E-state index in [1.54, 1.807) is 10.8 Å². The van der Waals surface area contributed by atoms with Crippen LogP contribution in [-0.2, 0) is 13.0 Å². The summed E-state index contributed by atoms with van der Waals surface area (Å²) in [4.78, 5) is 24.0. The van der Waals surface area contributed by atoms with Crippen molar-refractivity contribution in [3.63, 3.8) is 0 Å². The van der Waals surface area contributed by atoms with E-state index in [1.165, 1.54) is 12.0 Å². The third-order valence-electron chi connectivity index (χ3n) is 4.69. The zero-order chi connectivity index (χ0) is 17.1. The minimum Gasteiger partial charge on any atom is -0.354 e. The Morgan fingerprint density at radius 2 is 2.16 bits per heavy atom. The molecular weight excluding hydrogens is 316 g/mol. The zero-order valence-electron chi connectivity index (χ0n) is 14.0. The molecule has 1 saturated heterocycles. The molecule has 2 aromatic heterocycles. The molecule has 3 heterocycles. The molecule has 0 spiro atoms. The molecule has 0 radical (unpaired) electrons. The molecule has 4 rings (SSSR count). The molecule has 7 heteroatoms. The molecule has 0 unspecified atom stereocenters. The molecule has 0 bridgehead atoms. The lowest BCUT2D eigenvalue weighted by atomic mass is 10.1. The number of H-pyrrole nitrogens is 1. The van der Waals surface area contributed by atoms with Crippen LogP contribution in [0.5, 0.6) is 0 Å². The highest BCUT2D eigenvalue weighted by atomic mass is 16.1. The summed E-state index contributed by atoms with van der Waals surface area (Å²) in [6, 6.07) is 10.1. The maximum Gasteiger partial charge on any atom is 0.327 e. The fraction of sp³-hybridized carbons (Fsp3) is 0.389. The summed E-state index contributed by atoms with van der Waals surface area (Å²) in [6.45, 7) is 3.54. The maximum atomic E-state index is 12.2. The predicted octanol–water partition coefficient (Wildman–Crippen LogP) is 1.38. The smallest absolute Gasteiger partial charge is 0.327 e. The number of anilines is 1. The van der Waals surface area contributed by atoms with E-state index in [2.05, 4.69) is 37.7 Å².